The Balaban J connectivity index is 3.33. The van der Waals surface area contributed by atoms with Crippen LogP contribution < -0.4 is 0 Å². The molecule has 0 bridgehead atoms. The van der Waals surface area contributed by atoms with Crippen LogP contribution in [0.15, 0.2) is 0 Å². The maximum Gasteiger partial charge on any atom is 0.305 e. The molecule has 4 heteroatoms. The Hall–Kier alpha value is -1.06. The molecule has 0 saturated carbocycles. The Bertz CT molecular complexity index is 445. The third-order valence-electron chi connectivity index (χ3n) is 6.09. The van der Waals surface area contributed by atoms with Gasteiger partial charge in [0.1, 0.15) is 0 Å². The molecule has 0 spiro atoms. The maximum absolute atomic E-state index is 11.7. The molecule has 190 valence electrons. The number of rotatable bonds is 22. The summed E-state index contributed by atoms with van der Waals surface area (Å²) in [5, 5.41) is 0. The number of carbonyl (C=O) groups is 2. The molecule has 32 heavy (non-hydrogen) atoms. The molecule has 0 aliphatic rings. The number of ether oxygens (including phenoxy) is 2. The highest BCUT2D eigenvalue weighted by atomic mass is 16.5. The molecule has 0 fully saturated rings. The van der Waals surface area contributed by atoms with Gasteiger partial charge in [0.25, 0.3) is 0 Å². The van der Waals surface area contributed by atoms with Gasteiger partial charge < -0.3 is 9.47 Å². The van der Waals surface area contributed by atoms with Crippen LogP contribution in [0.25, 0.3) is 0 Å². The number of esters is 2. The number of hydrogen-bond donors (Lipinski definition) is 0. The molecule has 0 aliphatic heterocycles. The summed E-state index contributed by atoms with van der Waals surface area (Å²) in [6.45, 7) is 12.0. The highest BCUT2D eigenvalue weighted by molar-refractivity contribution is 5.69. The fraction of sp³-hybridized carbons (Fsp3) is 0.929. The van der Waals surface area contributed by atoms with Crippen LogP contribution >= 0.6 is 0 Å². The molecule has 0 aromatic rings. The summed E-state index contributed by atoms with van der Waals surface area (Å²) in [7, 11) is 0. The van der Waals surface area contributed by atoms with Crippen LogP contribution in [0.5, 0.6) is 0 Å². The molecule has 0 saturated heterocycles. The van der Waals surface area contributed by atoms with Crippen LogP contribution in [-0.4, -0.2) is 25.2 Å². The van der Waals surface area contributed by atoms with E-state index in [0.29, 0.717) is 43.8 Å². The van der Waals surface area contributed by atoms with Gasteiger partial charge in [-0.15, -0.1) is 0 Å². The molecule has 0 aliphatic carbocycles. The Morgan fingerprint density at radius 1 is 0.500 bits per heavy atom. The van der Waals surface area contributed by atoms with E-state index >= 15 is 0 Å². The van der Waals surface area contributed by atoms with Crippen LogP contribution in [0.1, 0.15) is 137 Å². The SMILES string of the molecule is CC(C)CCOC(=O)CCCCCCCCCCCCC(C)CCC(=O)OCCC(C)C. The fourth-order valence-electron chi connectivity index (χ4n) is 3.65. The van der Waals surface area contributed by atoms with Crippen molar-refractivity contribution in [2.24, 2.45) is 17.8 Å². The average molecular weight is 455 g/mol. The molecule has 0 aromatic carbocycles. The average Bonchev–Trinajstić information content (AvgIpc) is 2.72. The van der Waals surface area contributed by atoms with E-state index in [-0.39, 0.29) is 11.9 Å². The maximum atomic E-state index is 11.7. The van der Waals surface area contributed by atoms with Crippen molar-refractivity contribution < 1.29 is 19.1 Å². The van der Waals surface area contributed by atoms with Crippen LogP contribution in [-0.2, 0) is 19.1 Å². The van der Waals surface area contributed by atoms with Crippen molar-refractivity contribution in [3.8, 4) is 0 Å². The van der Waals surface area contributed by atoms with E-state index < -0.39 is 0 Å². The van der Waals surface area contributed by atoms with E-state index in [1.54, 1.807) is 0 Å². The summed E-state index contributed by atoms with van der Waals surface area (Å²) >= 11 is 0. The molecule has 1 unspecified atom stereocenters. The lowest BCUT2D eigenvalue weighted by molar-refractivity contribution is -0.145. The minimum atomic E-state index is -0.0286. The van der Waals surface area contributed by atoms with Gasteiger partial charge in [-0.3, -0.25) is 9.59 Å². The van der Waals surface area contributed by atoms with Gasteiger partial charge in [0.2, 0.25) is 0 Å². The van der Waals surface area contributed by atoms with Gasteiger partial charge in [-0.2, -0.15) is 0 Å². The third kappa shape index (κ3) is 23.6. The third-order valence-corrected chi connectivity index (χ3v) is 6.09. The molecule has 4 nitrogen and oxygen atoms in total. The van der Waals surface area contributed by atoms with E-state index in [9.17, 15) is 9.59 Å². The molecule has 1 atom stereocenters. The smallest absolute Gasteiger partial charge is 0.305 e. The molecule has 0 amide bonds. The predicted octanol–water partition coefficient (Wildman–Crippen LogP) is 8.26. The summed E-state index contributed by atoms with van der Waals surface area (Å²) in [6.07, 6.45) is 17.7. The van der Waals surface area contributed by atoms with Crippen molar-refractivity contribution in [2.45, 2.75) is 137 Å². The van der Waals surface area contributed by atoms with Crippen molar-refractivity contribution in [3.63, 3.8) is 0 Å². The zero-order valence-electron chi connectivity index (χ0n) is 22.1. The van der Waals surface area contributed by atoms with Gasteiger partial charge in [-0.25, -0.2) is 0 Å². The summed E-state index contributed by atoms with van der Waals surface area (Å²) in [4.78, 5) is 23.3. The van der Waals surface area contributed by atoms with Crippen molar-refractivity contribution in [1.82, 2.24) is 0 Å². The Morgan fingerprint density at radius 3 is 1.38 bits per heavy atom. The number of unbranched alkanes of at least 4 members (excludes halogenated alkanes) is 9. The Labute approximate surface area is 199 Å². The van der Waals surface area contributed by atoms with Crippen molar-refractivity contribution >= 4 is 11.9 Å². The van der Waals surface area contributed by atoms with Crippen molar-refractivity contribution in [1.29, 1.82) is 0 Å². The van der Waals surface area contributed by atoms with Crippen molar-refractivity contribution in [2.75, 3.05) is 13.2 Å². The van der Waals surface area contributed by atoms with E-state index in [0.717, 1.165) is 32.1 Å². The van der Waals surface area contributed by atoms with Gasteiger partial charge in [0.15, 0.2) is 0 Å². The predicted molar refractivity (Wildman–Crippen MR) is 135 cm³/mol. The summed E-state index contributed by atoms with van der Waals surface area (Å²) in [5.41, 5.74) is 0. The summed E-state index contributed by atoms with van der Waals surface area (Å²) in [5.74, 6) is 1.73. The second-order valence-corrected chi connectivity index (χ2v) is 10.5. The lowest BCUT2D eigenvalue weighted by Crippen LogP contribution is -2.09. The van der Waals surface area contributed by atoms with Crippen LogP contribution in [0.3, 0.4) is 0 Å². The normalized spacial score (nSPS) is 12.3. The minimum Gasteiger partial charge on any atom is -0.466 e. The van der Waals surface area contributed by atoms with E-state index in [1.165, 1.54) is 57.8 Å². The lowest BCUT2D eigenvalue weighted by atomic mass is 9.97. The zero-order valence-corrected chi connectivity index (χ0v) is 22.1. The van der Waals surface area contributed by atoms with Crippen LogP contribution in [0.4, 0.5) is 0 Å². The summed E-state index contributed by atoms with van der Waals surface area (Å²) in [6, 6.07) is 0. The van der Waals surface area contributed by atoms with Gasteiger partial charge in [-0.05, 0) is 43.4 Å². The van der Waals surface area contributed by atoms with Crippen LogP contribution in [0, 0.1) is 17.8 Å². The first-order chi connectivity index (χ1) is 15.3. The summed E-state index contributed by atoms with van der Waals surface area (Å²) < 4.78 is 10.5. The first-order valence-electron chi connectivity index (χ1n) is 13.6. The van der Waals surface area contributed by atoms with Gasteiger partial charge in [0.05, 0.1) is 13.2 Å². The molecular formula is C28H54O4. The van der Waals surface area contributed by atoms with E-state index in [1.807, 2.05) is 0 Å². The van der Waals surface area contributed by atoms with Crippen molar-refractivity contribution in [3.05, 3.63) is 0 Å². The van der Waals surface area contributed by atoms with Crippen LogP contribution in [0.2, 0.25) is 0 Å². The second-order valence-electron chi connectivity index (χ2n) is 10.5. The Kier molecular flexibility index (Phi) is 21.0. The molecule has 0 rings (SSSR count). The quantitative estimate of drug-likeness (QED) is 0.122. The Morgan fingerprint density at radius 2 is 0.906 bits per heavy atom. The largest absolute Gasteiger partial charge is 0.466 e. The monoisotopic (exact) mass is 454 g/mol. The molecule has 0 radical (unpaired) electrons. The molecule has 0 aromatic heterocycles. The zero-order chi connectivity index (χ0) is 24.0. The van der Waals surface area contributed by atoms with E-state index in [4.69, 9.17) is 9.47 Å². The molecular weight excluding hydrogens is 400 g/mol. The molecule has 0 N–H and O–H groups in total. The number of hydrogen-bond acceptors (Lipinski definition) is 4. The first-order valence-corrected chi connectivity index (χ1v) is 13.6. The topological polar surface area (TPSA) is 52.6 Å². The molecule has 0 heterocycles. The van der Waals surface area contributed by atoms with Gasteiger partial charge in [-0.1, -0.05) is 98.8 Å². The highest BCUT2D eigenvalue weighted by Crippen LogP contribution is 2.17. The standard InChI is InChI=1S/C28H54O4/c1-24(2)20-22-31-27(29)17-15-13-11-9-7-6-8-10-12-14-16-26(5)18-19-28(30)32-23-21-25(3)4/h24-26H,6-23H2,1-5H3. The number of carbonyl (C=O) groups excluding carboxylic acids is 2. The lowest BCUT2D eigenvalue weighted by Gasteiger charge is -2.11. The van der Waals surface area contributed by atoms with E-state index in [2.05, 4.69) is 34.6 Å². The minimum absolute atomic E-state index is 0.0264. The van der Waals surface area contributed by atoms with Gasteiger partial charge >= 0.3 is 11.9 Å². The highest BCUT2D eigenvalue weighted by Gasteiger charge is 2.08. The van der Waals surface area contributed by atoms with Gasteiger partial charge in [0, 0.05) is 12.8 Å². The first kappa shape index (κ1) is 30.9. The fourth-order valence-corrected chi connectivity index (χ4v) is 3.65. The second kappa shape index (κ2) is 21.8.